The molecule has 0 aromatic heterocycles. The molecule has 0 amide bonds. The number of benzene rings is 1. The third-order valence-corrected chi connectivity index (χ3v) is 11.5. The van der Waals surface area contributed by atoms with Crippen LogP contribution in [0.1, 0.15) is 103 Å². The van der Waals surface area contributed by atoms with Crippen LogP contribution in [0.4, 0.5) is 17.6 Å². The minimum absolute atomic E-state index is 0.0740. The molecule has 0 heterocycles. The average molecular weight is 593 g/mol. The lowest BCUT2D eigenvalue weighted by atomic mass is 9.47. The van der Waals surface area contributed by atoms with Crippen molar-refractivity contribution in [3.8, 4) is 0 Å². The lowest BCUT2D eigenvalue weighted by Crippen LogP contribution is -2.53. The molecule has 0 aliphatic heterocycles. The number of unbranched alkanes of at least 4 members (excludes halogenated alkanes) is 1. The third kappa shape index (κ3) is 6.08. The summed E-state index contributed by atoms with van der Waals surface area (Å²) in [6.45, 7) is 7.77. The van der Waals surface area contributed by atoms with Crippen LogP contribution in [0.15, 0.2) is 24.3 Å². The number of alkyl halides is 4. The standard InChI is InChI=1S/C29H40F4O4S2/c1-5-6-11-38-37-39(35,36)29(32,33)28(30,31)18-24(22-7-9-23(10-8-22)26(2,3)4)25(34)27-15-19-12-20(16-27)14-21(13-19)17-27/h7-10,19-21,24H,5-6,11-18H2,1-4H3. The van der Waals surface area contributed by atoms with Crippen LogP contribution in [-0.2, 0) is 24.0 Å². The van der Waals surface area contributed by atoms with Crippen molar-refractivity contribution in [2.24, 2.45) is 23.2 Å². The van der Waals surface area contributed by atoms with Crippen molar-refractivity contribution in [3.05, 3.63) is 35.4 Å². The van der Waals surface area contributed by atoms with Gasteiger partial charge in [-0.05, 0) is 79.2 Å². The maximum atomic E-state index is 15.4. The van der Waals surface area contributed by atoms with Crippen LogP contribution in [0.2, 0.25) is 0 Å². The number of halogens is 4. The van der Waals surface area contributed by atoms with Crippen LogP contribution in [0.3, 0.4) is 0 Å². The predicted molar refractivity (Wildman–Crippen MR) is 145 cm³/mol. The lowest BCUT2D eigenvalue weighted by molar-refractivity contribution is -0.173. The Morgan fingerprint density at radius 3 is 1.97 bits per heavy atom. The summed E-state index contributed by atoms with van der Waals surface area (Å²) >= 11 is 0.224. The molecule has 220 valence electrons. The largest absolute Gasteiger partial charge is 0.432 e. The molecule has 4 nitrogen and oxygen atoms in total. The fourth-order valence-corrected chi connectivity index (χ4v) is 9.24. The second kappa shape index (κ2) is 10.9. The summed E-state index contributed by atoms with van der Waals surface area (Å²) in [5, 5.41) is -5.50. The number of rotatable bonds is 12. The van der Waals surface area contributed by atoms with Crippen molar-refractivity contribution in [3.63, 3.8) is 0 Å². The van der Waals surface area contributed by atoms with Gasteiger partial charge in [-0.3, -0.25) is 4.79 Å². The van der Waals surface area contributed by atoms with Crippen LogP contribution < -0.4 is 0 Å². The summed E-state index contributed by atoms with van der Waals surface area (Å²) < 4.78 is 89.7. The normalized spacial score (nSPS) is 28.1. The summed E-state index contributed by atoms with van der Waals surface area (Å²) in [5.41, 5.74) is 0.0635. The molecule has 39 heavy (non-hydrogen) atoms. The van der Waals surface area contributed by atoms with Gasteiger partial charge in [-0.25, -0.2) is 0 Å². The van der Waals surface area contributed by atoms with E-state index in [0.29, 0.717) is 49.9 Å². The van der Waals surface area contributed by atoms with E-state index in [1.54, 1.807) is 24.3 Å². The average Bonchev–Trinajstić information content (AvgIpc) is 2.83. The minimum atomic E-state index is -5.95. The highest BCUT2D eigenvalue weighted by Gasteiger charge is 2.68. The van der Waals surface area contributed by atoms with Gasteiger partial charge in [0.1, 0.15) is 5.78 Å². The van der Waals surface area contributed by atoms with Crippen molar-refractivity contribution in [2.45, 2.75) is 108 Å². The highest BCUT2D eigenvalue weighted by molar-refractivity contribution is 8.04. The number of carbonyl (C=O) groups is 1. The SMILES string of the molecule is CCCCSOS(=O)(=O)C(F)(F)C(F)(F)CC(C(=O)C12CC3CC(CC(C3)C1)C2)c1ccc(C(C)(C)C)cc1. The molecule has 0 radical (unpaired) electrons. The van der Waals surface area contributed by atoms with Gasteiger partial charge in [0, 0.05) is 35.5 Å². The number of hydrogen-bond acceptors (Lipinski definition) is 5. The van der Waals surface area contributed by atoms with Gasteiger partial charge in [-0.15, -0.1) is 0 Å². The summed E-state index contributed by atoms with van der Waals surface area (Å²) in [7, 11) is -5.95. The second-order valence-electron chi connectivity index (χ2n) is 13.1. The van der Waals surface area contributed by atoms with E-state index in [1.807, 2.05) is 27.7 Å². The molecule has 0 saturated heterocycles. The van der Waals surface area contributed by atoms with Gasteiger partial charge in [-0.1, -0.05) is 58.4 Å². The van der Waals surface area contributed by atoms with Gasteiger partial charge in [-0.2, -0.15) is 29.6 Å². The van der Waals surface area contributed by atoms with E-state index in [-0.39, 0.29) is 28.8 Å². The van der Waals surface area contributed by atoms with E-state index in [4.69, 9.17) is 0 Å². The first-order valence-corrected chi connectivity index (χ1v) is 16.3. The molecule has 5 rings (SSSR count). The number of hydrogen-bond donors (Lipinski definition) is 0. The van der Waals surface area contributed by atoms with Gasteiger partial charge in [0.25, 0.3) is 0 Å². The van der Waals surface area contributed by atoms with Gasteiger partial charge >= 0.3 is 21.3 Å². The number of carbonyl (C=O) groups excluding carboxylic acids is 1. The van der Waals surface area contributed by atoms with Crippen LogP contribution in [-0.4, -0.2) is 31.1 Å². The Balaban J connectivity index is 1.67. The molecular formula is C29H40F4O4S2. The van der Waals surface area contributed by atoms with Crippen molar-refractivity contribution in [1.82, 2.24) is 0 Å². The fourth-order valence-electron chi connectivity index (χ4n) is 7.26. The Hall–Kier alpha value is -1.13. The monoisotopic (exact) mass is 592 g/mol. The Labute approximate surface area is 234 Å². The van der Waals surface area contributed by atoms with Gasteiger partial charge in [0.15, 0.2) is 0 Å². The van der Waals surface area contributed by atoms with Crippen molar-refractivity contribution >= 4 is 27.9 Å². The summed E-state index contributed by atoms with van der Waals surface area (Å²) in [6, 6.07) is 6.58. The zero-order chi connectivity index (χ0) is 28.9. The Kier molecular flexibility index (Phi) is 8.64. The first-order chi connectivity index (χ1) is 18.0. The van der Waals surface area contributed by atoms with E-state index < -0.39 is 44.8 Å². The molecule has 4 aliphatic carbocycles. The lowest BCUT2D eigenvalue weighted by Gasteiger charge is -2.56. The molecule has 1 atom stereocenters. The molecule has 4 aliphatic rings. The quantitative estimate of drug-likeness (QED) is 0.139. The molecular weight excluding hydrogens is 552 g/mol. The number of ketones is 1. The maximum absolute atomic E-state index is 15.4. The van der Waals surface area contributed by atoms with Crippen LogP contribution in [0.5, 0.6) is 0 Å². The van der Waals surface area contributed by atoms with Crippen LogP contribution in [0, 0.1) is 23.2 Å². The van der Waals surface area contributed by atoms with Crippen molar-refractivity contribution < 1.29 is 34.4 Å². The van der Waals surface area contributed by atoms with Crippen molar-refractivity contribution in [2.75, 3.05) is 5.75 Å². The van der Waals surface area contributed by atoms with E-state index in [0.717, 1.165) is 24.8 Å². The predicted octanol–water partition coefficient (Wildman–Crippen LogP) is 8.27. The smallest absolute Gasteiger partial charge is 0.298 e. The van der Waals surface area contributed by atoms with E-state index in [2.05, 4.69) is 3.63 Å². The molecule has 4 bridgehead atoms. The second-order valence-corrected chi connectivity index (χ2v) is 15.7. The molecule has 4 fully saturated rings. The highest BCUT2D eigenvalue weighted by atomic mass is 32.3. The summed E-state index contributed by atoms with van der Waals surface area (Å²) in [4.78, 5) is 14.2. The van der Waals surface area contributed by atoms with Crippen LogP contribution in [0.25, 0.3) is 0 Å². The first-order valence-electron chi connectivity index (χ1n) is 14.0. The number of Topliss-reactive ketones (excluding diaryl/α,β-unsaturated/α-hetero) is 1. The molecule has 1 aromatic carbocycles. The molecule has 0 spiro atoms. The topological polar surface area (TPSA) is 60.4 Å². The zero-order valence-corrected chi connectivity index (χ0v) is 24.8. The molecule has 0 N–H and O–H groups in total. The summed E-state index contributed by atoms with van der Waals surface area (Å²) in [5.74, 6) is -5.91. The Morgan fingerprint density at radius 1 is 1.00 bits per heavy atom. The third-order valence-electron chi connectivity index (χ3n) is 8.98. The zero-order valence-electron chi connectivity index (χ0n) is 23.2. The fraction of sp³-hybridized carbons (Fsp3) is 0.759. The molecule has 10 heteroatoms. The van der Waals surface area contributed by atoms with E-state index in [1.165, 1.54) is 0 Å². The highest BCUT2D eigenvalue weighted by Crippen LogP contribution is 2.62. The first kappa shape index (κ1) is 30.8. The minimum Gasteiger partial charge on any atom is -0.298 e. The van der Waals surface area contributed by atoms with Crippen molar-refractivity contribution in [1.29, 1.82) is 0 Å². The maximum Gasteiger partial charge on any atom is 0.432 e. The Bertz CT molecular complexity index is 1110. The van der Waals surface area contributed by atoms with Gasteiger partial charge in [0.05, 0.1) is 0 Å². The molecule has 4 saturated carbocycles. The Morgan fingerprint density at radius 2 is 1.51 bits per heavy atom. The van der Waals surface area contributed by atoms with Gasteiger partial charge in [0.2, 0.25) is 0 Å². The van der Waals surface area contributed by atoms with E-state index >= 15 is 17.6 Å². The molecule has 1 aromatic rings. The van der Waals surface area contributed by atoms with Gasteiger partial charge < -0.3 is 0 Å². The van der Waals surface area contributed by atoms with Crippen LogP contribution >= 0.6 is 12.0 Å². The van der Waals surface area contributed by atoms with E-state index in [9.17, 15) is 13.2 Å². The molecule has 1 unspecified atom stereocenters. The summed E-state index contributed by atoms with van der Waals surface area (Å²) in [6.07, 6.45) is 4.38.